The van der Waals surface area contributed by atoms with Crippen molar-refractivity contribution >= 4 is 0 Å². The van der Waals surface area contributed by atoms with E-state index in [4.69, 9.17) is 0 Å². The van der Waals surface area contributed by atoms with Crippen molar-refractivity contribution in [3.05, 3.63) is 89.5 Å². The third kappa shape index (κ3) is 3.04. The van der Waals surface area contributed by atoms with Gasteiger partial charge in [-0.1, -0.05) is 18.2 Å². The molecule has 3 nitrogen and oxygen atoms in total. The highest BCUT2D eigenvalue weighted by Crippen LogP contribution is 2.33. The minimum atomic E-state index is -1.72. The second-order valence-electron chi connectivity index (χ2n) is 5.96. The Bertz CT molecular complexity index is 1150. The molecule has 29 heavy (non-hydrogen) atoms. The molecule has 4 aromatic rings. The van der Waals surface area contributed by atoms with E-state index in [0.29, 0.717) is 17.8 Å². The summed E-state index contributed by atoms with van der Waals surface area (Å²) in [6.07, 6.45) is 0. The van der Waals surface area contributed by atoms with Crippen LogP contribution < -0.4 is 0 Å². The van der Waals surface area contributed by atoms with Gasteiger partial charge in [0.05, 0.1) is 11.1 Å². The van der Waals surface area contributed by atoms with Gasteiger partial charge in [0.2, 0.25) is 0 Å². The van der Waals surface area contributed by atoms with Crippen LogP contribution in [0.15, 0.2) is 54.6 Å². The molecule has 0 aliphatic heterocycles. The van der Waals surface area contributed by atoms with E-state index in [1.54, 1.807) is 18.2 Å². The van der Waals surface area contributed by atoms with Gasteiger partial charge in [0.25, 0.3) is 0 Å². The number of halogens is 6. The molecule has 0 spiro atoms. The molecule has 0 atom stereocenters. The molecular weight excluding hydrogens is 396 g/mol. The summed E-state index contributed by atoms with van der Waals surface area (Å²) in [6.45, 7) is 0. The van der Waals surface area contributed by atoms with Crippen molar-refractivity contribution in [2.45, 2.75) is 0 Å². The van der Waals surface area contributed by atoms with E-state index < -0.39 is 46.0 Å². The summed E-state index contributed by atoms with van der Waals surface area (Å²) < 4.78 is 84.0. The van der Waals surface area contributed by atoms with Gasteiger partial charge >= 0.3 is 0 Å². The molecule has 0 aliphatic carbocycles. The fourth-order valence-corrected chi connectivity index (χ4v) is 2.85. The van der Waals surface area contributed by atoms with E-state index in [1.807, 2.05) is 0 Å². The average molecular weight is 405 g/mol. The molecule has 0 radical (unpaired) electrons. The number of rotatable bonds is 3. The molecule has 146 valence electrons. The molecule has 1 aromatic heterocycles. The van der Waals surface area contributed by atoms with Crippen molar-refractivity contribution in [2.24, 2.45) is 0 Å². The van der Waals surface area contributed by atoms with Crippen LogP contribution in [-0.4, -0.2) is 14.8 Å². The molecule has 0 amide bonds. The summed E-state index contributed by atoms with van der Waals surface area (Å²) in [6, 6.07) is 11.2. The molecule has 0 fully saturated rings. The maximum atomic E-state index is 14.4. The highest BCUT2D eigenvalue weighted by molar-refractivity contribution is 5.67. The lowest BCUT2D eigenvalue weighted by Gasteiger charge is -2.12. The summed E-state index contributed by atoms with van der Waals surface area (Å²) in [5, 5.41) is 7.53. The van der Waals surface area contributed by atoms with Crippen LogP contribution in [0.1, 0.15) is 0 Å². The summed E-state index contributed by atoms with van der Waals surface area (Å²) in [4.78, 5) is 0. The Labute approximate surface area is 159 Å². The van der Waals surface area contributed by atoms with Crippen LogP contribution in [0, 0.1) is 34.9 Å². The Kier molecular flexibility index (Phi) is 4.57. The Morgan fingerprint density at radius 1 is 0.517 bits per heavy atom. The van der Waals surface area contributed by atoms with Gasteiger partial charge in [0.15, 0.2) is 46.6 Å². The SMILES string of the molecule is Fc1ccc(-c2nnc(-c3ccc(F)c(F)c3F)n2-c2ccccc2)c(F)c1F. The summed E-state index contributed by atoms with van der Waals surface area (Å²) in [5.41, 5.74) is -0.597. The zero-order valence-electron chi connectivity index (χ0n) is 14.3. The van der Waals surface area contributed by atoms with Crippen molar-refractivity contribution in [1.29, 1.82) is 0 Å². The highest BCUT2D eigenvalue weighted by Gasteiger charge is 2.25. The van der Waals surface area contributed by atoms with E-state index in [0.717, 1.165) is 16.7 Å². The van der Waals surface area contributed by atoms with Crippen molar-refractivity contribution in [3.63, 3.8) is 0 Å². The van der Waals surface area contributed by atoms with Crippen LogP contribution >= 0.6 is 0 Å². The van der Waals surface area contributed by atoms with Gasteiger partial charge in [0, 0.05) is 5.69 Å². The lowest BCUT2D eigenvalue weighted by atomic mass is 10.1. The Morgan fingerprint density at radius 3 is 1.41 bits per heavy atom. The van der Waals surface area contributed by atoms with Gasteiger partial charge in [-0.2, -0.15) is 0 Å². The van der Waals surface area contributed by atoms with Crippen molar-refractivity contribution in [3.8, 4) is 28.5 Å². The van der Waals surface area contributed by atoms with Gasteiger partial charge in [-0.25, -0.2) is 26.3 Å². The lowest BCUT2D eigenvalue weighted by molar-refractivity contribution is 0.448. The van der Waals surface area contributed by atoms with Crippen LogP contribution in [0.5, 0.6) is 0 Å². The van der Waals surface area contributed by atoms with Crippen LogP contribution in [0.25, 0.3) is 28.5 Å². The molecule has 0 unspecified atom stereocenters. The largest absolute Gasteiger partial charge is 0.275 e. The second-order valence-corrected chi connectivity index (χ2v) is 5.96. The normalized spacial score (nSPS) is 11.1. The predicted octanol–water partition coefficient (Wildman–Crippen LogP) is 5.44. The number of nitrogens with zero attached hydrogens (tertiary/aromatic N) is 3. The standard InChI is InChI=1S/C20H9F6N3/c21-13-8-6-11(15(23)17(13)25)19-27-28-20(29(19)10-4-2-1-3-5-10)12-7-9-14(22)18(26)16(12)24/h1-9H. The summed E-state index contributed by atoms with van der Waals surface area (Å²) in [5.74, 6) is -9.85. The minimum Gasteiger partial charge on any atom is -0.275 e. The third-order valence-electron chi connectivity index (χ3n) is 4.23. The molecule has 0 aliphatic rings. The molecule has 0 saturated carbocycles. The molecule has 9 heteroatoms. The summed E-state index contributed by atoms with van der Waals surface area (Å²) >= 11 is 0. The van der Waals surface area contributed by atoms with E-state index in [9.17, 15) is 26.3 Å². The number of benzene rings is 3. The third-order valence-corrected chi connectivity index (χ3v) is 4.23. The van der Waals surface area contributed by atoms with Gasteiger partial charge in [-0.15, -0.1) is 10.2 Å². The number of aromatic nitrogens is 3. The average Bonchev–Trinajstić information content (AvgIpc) is 3.15. The van der Waals surface area contributed by atoms with Crippen LogP contribution in [0.4, 0.5) is 26.3 Å². The van der Waals surface area contributed by atoms with Crippen LogP contribution in [-0.2, 0) is 0 Å². The van der Waals surface area contributed by atoms with Crippen molar-refractivity contribution in [1.82, 2.24) is 14.8 Å². The lowest BCUT2D eigenvalue weighted by Crippen LogP contribution is -2.04. The van der Waals surface area contributed by atoms with Crippen molar-refractivity contribution in [2.75, 3.05) is 0 Å². The maximum absolute atomic E-state index is 14.4. The Balaban J connectivity index is 2.04. The van der Waals surface area contributed by atoms with Gasteiger partial charge < -0.3 is 0 Å². The Morgan fingerprint density at radius 2 is 0.966 bits per heavy atom. The van der Waals surface area contributed by atoms with Crippen LogP contribution in [0.3, 0.4) is 0 Å². The molecule has 0 bridgehead atoms. The first-order valence-electron chi connectivity index (χ1n) is 8.18. The molecule has 4 rings (SSSR count). The quantitative estimate of drug-likeness (QED) is 0.336. The first-order valence-corrected chi connectivity index (χ1v) is 8.18. The smallest absolute Gasteiger partial charge is 0.195 e. The molecular formula is C20H9F6N3. The zero-order chi connectivity index (χ0) is 20.7. The first-order chi connectivity index (χ1) is 13.9. The fraction of sp³-hybridized carbons (Fsp3) is 0. The highest BCUT2D eigenvalue weighted by atomic mass is 19.2. The van der Waals surface area contributed by atoms with Crippen LogP contribution in [0.2, 0.25) is 0 Å². The van der Waals surface area contributed by atoms with E-state index in [2.05, 4.69) is 10.2 Å². The maximum Gasteiger partial charge on any atom is 0.195 e. The van der Waals surface area contributed by atoms with E-state index >= 15 is 0 Å². The van der Waals surface area contributed by atoms with Gasteiger partial charge in [0.1, 0.15) is 0 Å². The second kappa shape index (κ2) is 7.08. The van der Waals surface area contributed by atoms with Gasteiger partial charge in [-0.05, 0) is 36.4 Å². The number of hydrogen-bond donors (Lipinski definition) is 0. The molecule has 1 heterocycles. The topological polar surface area (TPSA) is 30.7 Å². The predicted molar refractivity (Wildman–Crippen MR) is 92.0 cm³/mol. The molecule has 0 N–H and O–H groups in total. The summed E-state index contributed by atoms with van der Waals surface area (Å²) in [7, 11) is 0. The first kappa shape index (κ1) is 18.7. The minimum absolute atomic E-state index is 0.285. The molecule has 0 saturated heterocycles. The monoisotopic (exact) mass is 405 g/mol. The number of para-hydroxylation sites is 1. The van der Waals surface area contributed by atoms with E-state index in [1.165, 1.54) is 12.1 Å². The van der Waals surface area contributed by atoms with Gasteiger partial charge in [-0.3, -0.25) is 4.57 Å². The van der Waals surface area contributed by atoms with E-state index in [-0.39, 0.29) is 11.6 Å². The zero-order valence-corrected chi connectivity index (χ0v) is 14.3. The Hall–Kier alpha value is -3.62. The molecule has 3 aromatic carbocycles. The fourth-order valence-electron chi connectivity index (χ4n) is 2.85. The number of hydrogen-bond acceptors (Lipinski definition) is 2. The van der Waals surface area contributed by atoms with Crippen molar-refractivity contribution < 1.29 is 26.3 Å².